The number of nitrogens with one attached hydrogen (secondary N) is 2. The number of fused-ring (bicyclic) bond motifs is 2. The second-order valence-electron chi connectivity index (χ2n) is 17.7. The van der Waals surface area contributed by atoms with E-state index in [0.717, 1.165) is 94.8 Å². The van der Waals surface area contributed by atoms with Crippen molar-refractivity contribution in [3.63, 3.8) is 0 Å². The number of ketones is 1. The lowest BCUT2D eigenvalue weighted by molar-refractivity contribution is -0.138. The molecule has 324 valence electrons. The van der Waals surface area contributed by atoms with E-state index in [0.29, 0.717) is 50.4 Å². The summed E-state index contributed by atoms with van der Waals surface area (Å²) in [5.41, 5.74) is 2.39. The van der Waals surface area contributed by atoms with E-state index >= 15 is 4.79 Å². The van der Waals surface area contributed by atoms with Crippen molar-refractivity contribution in [3.05, 3.63) is 107 Å². The van der Waals surface area contributed by atoms with Crippen LogP contribution in [0.5, 0.6) is 0 Å². The number of aryl methyl sites for hydroxylation is 2. The van der Waals surface area contributed by atoms with E-state index in [1.54, 1.807) is 12.7 Å². The Morgan fingerprint density at radius 2 is 1.00 bits per heavy atom. The number of hydrogen-bond acceptors (Lipinski definition) is 9. The summed E-state index contributed by atoms with van der Waals surface area (Å²) in [6, 6.07) is 8.65. The Labute approximate surface area is 353 Å². The van der Waals surface area contributed by atoms with Gasteiger partial charge in [0, 0.05) is 62.7 Å². The third kappa shape index (κ3) is 7.25. The molecule has 6 heterocycles. The predicted molar refractivity (Wildman–Crippen MR) is 222 cm³/mol. The number of carbonyl (C=O) groups excluding carboxylic acids is 1. The highest BCUT2D eigenvalue weighted by Gasteiger charge is 2.58. The zero-order valence-electron chi connectivity index (χ0n) is 34.3. The molecule has 10 rings (SSSR count). The molecular weight excluding hydrogens is 811 g/mol. The van der Waals surface area contributed by atoms with E-state index in [1.807, 2.05) is 26.2 Å². The highest BCUT2D eigenvalue weighted by molar-refractivity contribution is 5.92. The van der Waals surface area contributed by atoms with Gasteiger partial charge in [0.1, 0.15) is 35.6 Å². The van der Waals surface area contributed by atoms with Crippen molar-refractivity contribution in [2.24, 2.45) is 0 Å². The molecular formula is C45H46F6N10O. The Hall–Kier alpha value is -5.55. The second kappa shape index (κ2) is 14.8. The van der Waals surface area contributed by atoms with Crippen LogP contribution in [-0.2, 0) is 30.0 Å². The highest BCUT2D eigenvalue weighted by atomic mass is 19.4. The van der Waals surface area contributed by atoms with Crippen LogP contribution in [0.4, 0.5) is 38.0 Å². The lowest BCUT2D eigenvalue weighted by atomic mass is 9.88. The fraction of sp³-hybridized carbons (Fsp3) is 0.444. The molecule has 2 unspecified atom stereocenters. The lowest BCUT2D eigenvalue weighted by Gasteiger charge is -2.49. The molecule has 2 aliphatic heterocycles. The molecule has 0 radical (unpaired) electrons. The van der Waals surface area contributed by atoms with Crippen LogP contribution in [-0.4, -0.2) is 108 Å². The number of aromatic nitrogens is 6. The van der Waals surface area contributed by atoms with Gasteiger partial charge in [-0.25, -0.2) is 19.9 Å². The maximum Gasteiger partial charge on any atom is 0.416 e. The monoisotopic (exact) mass is 856 g/mol. The predicted octanol–water partition coefficient (Wildman–Crippen LogP) is 7.68. The van der Waals surface area contributed by atoms with Gasteiger partial charge in [-0.15, -0.1) is 0 Å². The molecule has 2 atom stereocenters. The van der Waals surface area contributed by atoms with Crippen LogP contribution < -0.4 is 9.80 Å². The average molecular weight is 857 g/mol. The van der Waals surface area contributed by atoms with Crippen LogP contribution in [0.2, 0.25) is 0 Å². The van der Waals surface area contributed by atoms with E-state index in [2.05, 4.69) is 39.5 Å². The van der Waals surface area contributed by atoms with Crippen molar-refractivity contribution < 1.29 is 31.1 Å². The molecule has 0 amide bonds. The lowest BCUT2D eigenvalue weighted by Crippen LogP contribution is -2.66. The van der Waals surface area contributed by atoms with Crippen LogP contribution in [0, 0.1) is 13.8 Å². The van der Waals surface area contributed by atoms with Crippen molar-refractivity contribution in [3.8, 4) is 0 Å². The van der Waals surface area contributed by atoms with Gasteiger partial charge in [-0.05, 0) is 98.9 Å². The van der Waals surface area contributed by atoms with Gasteiger partial charge >= 0.3 is 12.4 Å². The van der Waals surface area contributed by atoms with Crippen molar-refractivity contribution >= 4 is 39.5 Å². The smallest absolute Gasteiger partial charge is 0.353 e. The number of alkyl halides is 6. The molecule has 11 nitrogen and oxygen atoms in total. The van der Waals surface area contributed by atoms with Crippen molar-refractivity contribution in [1.82, 2.24) is 39.7 Å². The van der Waals surface area contributed by atoms with E-state index in [1.165, 1.54) is 24.3 Å². The summed E-state index contributed by atoms with van der Waals surface area (Å²) in [4.78, 5) is 49.7. The van der Waals surface area contributed by atoms with Gasteiger partial charge in [0.2, 0.25) is 0 Å². The molecule has 0 bridgehead atoms. The van der Waals surface area contributed by atoms with E-state index in [9.17, 15) is 26.3 Å². The Bertz CT molecular complexity index is 2450. The third-order valence-electron chi connectivity index (χ3n) is 13.8. The summed E-state index contributed by atoms with van der Waals surface area (Å²) in [5.74, 6) is 1.55. The van der Waals surface area contributed by atoms with Crippen LogP contribution in [0.15, 0.2) is 73.6 Å². The van der Waals surface area contributed by atoms with Crippen LogP contribution in [0.25, 0.3) is 22.1 Å². The zero-order valence-corrected chi connectivity index (χ0v) is 34.3. The summed E-state index contributed by atoms with van der Waals surface area (Å²) in [6.45, 7) is 7.30. The highest BCUT2D eigenvalue weighted by Crippen LogP contribution is 2.50. The Balaban J connectivity index is 1.02. The van der Waals surface area contributed by atoms with Crippen molar-refractivity contribution in [1.29, 1.82) is 0 Å². The van der Waals surface area contributed by atoms with E-state index < -0.39 is 46.6 Å². The van der Waals surface area contributed by atoms with Gasteiger partial charge in [0.25, 0.3) is 0 Å². The first-order valence-corrected chi connectivity index (χ1v) is 21.1. The number of carbonyl (C=O) groups is 1. The third-order valence-corrected chi connectivity index (χ3v) is 13.8. The maximum atomic E-state index is 15.9. The number of benzene rings is 2. The minimum Gasteiger partial charge on any atom is -0.353 e. The first kappa shape index (κ1) is 40.5. The number of H-pyrrole nitrogens is 2. The normalized spacial score (nSPS) is 20.1. The quantitative estimate of drug-likeness (QED) is 0.134. The molecule has 17 heteroatoms. The van der Waals surface area contributed by atoms with Gasteiger partial charge in [-0.3, -0.25) is 14.6 Å². The molecule has 2 N–H and O–H groups in total. The fourth-order valence-corrected chi connectivity index (χ4v) is 10.2. The molecule has 4 aromatic heterocycles. The van der Waals surface area contributed by atoms with Crippen LogP contribution in [0.1, 0.15) is 59.1 Å². The van der Waals surface area contributed by atoms with E-state index in [-0.39, 0.29) is 18.6 Å². The minimum atomic E-state index is -4.52. The molecule has 2 saturated heterocycles. The second-order valence-corrected chi connectivity index (χ2v) is 17.7. The molecule has 6 aromatic rings. The summed E-state index contributed by atoms with van der Waals surface area (Å²) in [5, 5.41) is 1.88. The average Bonchev–Trinajstić information content (AvgIpc) is 4.13. The first-order valence-electron chi connectivity index (χ1n) is 21.1. The number of anilines is 2. The summed E-state index contributed by atoms with van der Waals surface area (Å²) >= 11 is 0. The number of aromatic amines is 2. The molecule has 2 aromatic carbocycles. The Kier molecular flexibility index (Phi) is 9.66. The molecule has 2 spiro atoms. The summed E-state index contributed by atoms with van der Waals surface area (Å²) in [7, 11) is 0. The van der Waals surface area contributed by atoms with Gasteiger partial charge in [0.05, 0.1) is 34.0 Å². The van der Waals surface area contributed by atoms with E-state index in [4.69, 9.17) is 9.97 Å². The maximum absolute atomic E-state index is 15.9. The molecule has 4 aliphatic rings. The topological polar surface area (TPSA) is 113 Å². The number of nitrogens with zero attached hydrogens (tertiary/aromatic N) is 8. The fourth-order valence-electron chi connectivity index (χ4n) is 10.2. The van der Waals surface area contributed by atoms with Gasteiger partial charge in [-0.2, -0.15) is 26.3 Å². The number of piperazine rings is 2. The molecule has 4 fully saturated rings. The van der Waals surface area contributed by atoms with Crippen LogP contribution >= 0.6 is 0 Å². The standard InChI is InChI=1S/C45H46F6N10O/c1-27-21-52-38-35(27)40(56-25-54-38)58-15-17-60(42(23-58)11-12-42)33(19-29-3-7-31(8-4-29)44(46,47)48)37(62)34(20-30-5-9-32(10-6-30)45(49,50)51)61-18-16-59(24-43(61)13-14-43)41-36-28(2)22-53-39(36)55-26-57-41/h3-10,21-22,25-26,33-34H,11-20,23-24H2,1-2H3,(H,52,54,56)(H,53,55,57). The number of rotatable bonds is 10. The van der Waals surface area contributed by atoms with Gasteiger partial charge < -0.3 is 19.8 Å². The van der Waals surface area contributed by atoms with Crippen molar-refractivity contribution in [2.45, 2.75) is 87.9 Å². The SMILES string of the molecule is Cc1c[nH]c2ncnc(N3CCN(C(Cc4ccc(C(F)(F)F)cc4)C(=O)C(Cc4ccc(C(F)(F)F)cc4)N4CCN(c5ncnc6[nH]cc(C)c56)CC45CC5)C4(CC4)C3)c12. The Morgan fingerprint density at radius 1 is 0.613 bits per heavy atom. The number of hydrogen-bond donors (Lipinski definition) is 2. The molecule has 62 heavy (non-hydrogen) atoms. The molecule has 2 aliphatic carbocycles. The molecule has 2 saturated carbocycles. The summed E-state index contributed by atoms with van der Waals surface area (Å²) in [6.07, 6.45) is 1.49. The number of Topliss-reactive ketones (excluding diaryl/α,β-unsaturated/α-hetero) is 1. The zero-order chi connectivity index (χ0) is 43.2. The summed E-state index contributed by atoms with van der Waals surface area (Å²) < 4.78 is 82.4. The van der Waals surface area contributed by atoms with Gasteiger partial charge in [0.15, 0.2) is 5.78 Å². The van der Waals surface area contributed by atoms with Crippen molar-refractivity contribution in [2.75, 3.05) is 49.1 Å². The Morgan fingerprint density at radius 3 is 1.35 bits per heavy atom. The van der Waals surface area contributed by atoms with Gasteiger partial charge in [-0.1, -0.05) is 24.3 Å². The number of halogens is 6. The first-order chi connectivity index (χ1) is 29.6. The largest absolute Gasteiger partial charge is 0.416 e. The van der Waals surface area contributed by atoms with Crippen LogP contribution in [0.3, 0.4) is 0 Å². The minimum absolute atomic E-state index is 0.0824.